The van der Waals surface area contributed by atoms with Crippen LogP contribution in [0.25, 0.3) is 6.20 Å². The van der Waals surface area contributed by atoms with Crippen LogP contribution in [-0.2, 0) is 0 Å². The van der Waals surface area contributed by atoms with Crippen molar-refractivity contribution < 1.29 is 0 Å². The molecule has 1 heterocycles. The van der Waals surface area contributed by atoms with Crippen LogP contribution >= 0.6 is 0 Å². The molecule has 0 saturated carbocycles. The number of rotatable bonds is 3. The Morgan fingerprint density at radius 2 is 2.46 bits per heavy atom. The molecule has 0 amide bonds. The number of unbranched alkanes of at least 4 members (excludes halogenated alkanes) is 1. The quantitative estimate of drug-likeness (QED) is 0.755. The van der Waals surface area contributed by atoms with Crippen LogP contribution in [0.2, 0.25) is 0 Å². The Morgan fingerprint density at radius 3 is 3.08 bits per heavy atom. The lowest BCUT2D eigenvalue weighted by Gasteiger charge is -1.96. The third-order valence-corrected chi connectivity index (χ3v) is 1.57. The first-order valence-electron chi connectivity index (χ1n) is 4.25. The minimum Gasteiger partial charge on any atom is -0.383 e. The van der Waals surface area contributed by atoms with E-state index in [-0.39, 0.29) is 11.5 Å². The Hall–Kier alpha value is -1.58. The minimum absolute atomic E-state index is 0.255. The second-order valence-corrected chi connectivity index (χ2v) is 2.72. The first-order chi connectivity index (χ1) is 6.24. The van der Waals surface area contributed by atoms with E-state index in [1.54, 1.807) is 18.5 Å². The first kappa shape index (κ1) is 9.51. The summed E-state index contributed by atoms with van der Waals surface area (Å²) < 4.78 is 1.41. The lowest BCUT2D eigenvalue weighted by atomic mass is 10.3. The summed E-state index contributed by atoms with van der Waals surface area (Å²) in [6.07, 6.45) is 7.26. The summed E-state index contributed by atoms with van der Waals surface area (Å²) in [6.45, 7) is 2.08. The highest BCUT2D eigenvalue weighted by atomic mass is 16.1. The normalized spacial score (nSPS) is 10.8. The van der Waals surface area contributed by atoms with Crippen molar-refractivity contribution in [2.75, 3.05) is 5.73 Å². The van der Waals surface area contributed by atoms with Gasteiger partial charge in [0.15, 0.2) is 0 Å². The van der Waals surface area contributed by atoms with Gasteiger partial charge in [0.25, 0.3) is 0 Å². The van der Waals surface area contributed by atoms with E-state index in [4.69, 9.17) is 5.73 Å². The van der Waals surface area contributed by atoms with E-state index in [1.165, 1.54) is 4.57 Å². The minimum atomic E-state index is -0.340. The van der Waals surface area contributed by atoms with E-state index in [2.05, 4.69) is 11.9 Å². The molecule has 0 radical (unpaired) electrons. The van der Waals surface area contributed by atoms with Gasteiger partial charge in [0.1, 0.15) is 5.82 Å². The molecule has 0 aliphatic rings. The van der Waals surface area contributed by atoms with Gasteiger partial charge in [0, 0.05) is 12.4 Å². The van der Waals surface area contributed by atoms with Gasteiger partial charge in [-0.1, -0.05) is 19.4 Å². The van der Waals surface area contributed by atoms with Crippen LogP contribution in [-0.4, -0.2) is 9.55 Å². The Bertz CT molecular complexity index is 354. The van der Waals surface area contributed by atoms with E-state index in [9.17, 15) is 4.79 Å². The van der Waals surface area contributed by atoms with E-state index in [1.807, 2.05) is 6.08 Å². The summed E-state index contributed by atoms with van der Waals surface area (Å²) >= 11 is 0. The zero-order valence-electron chi connectivity index (χ0n) is 7.60. The molecule has 1 rings (SSSR count). The third kappa shape index (κ3) is 2.74. The van der Waals surface area contributed by atoms with Crippen molar-refractivity contribution in [3.63, 3.8) is 0 Å². The topological polar surface area (TPSA) is 60.9 Å². The van der Waals surface area contributed by atoms with E-state index in [0.29, 0.717) is 0 Å². The molecular weight excluding hydrogens is 166 g/mol. The van der Waals surface area contributed by atoms with Gasteiger partial charge in [0.05, 0.1) is 0 Å². The van der Waals surface area contributed by atoms with Crippen LogP contribution in [0.4, 0.5) is 5.82 Å². The van der Waals surface area contributed by atoms with Gasteiger partial charge >= 0.3 is 5.69 Å². The van der Waals surface area contributed by atoms with Crippen molar-refractivity contribution in [2.24, 2.45) is 0 Å². The Balaban J connectivity index is 2.84. The van der Waals surface area contributed by atoms with Gasteiger partial charge < -0.3 is 5.73 Å². The van der Waals surface area contributed by atoms with Crippen LogP contribution in [0, 0.1) is 0 Å². The average Bonchev–Trinajstić information content (AvgIpc) is 2.09. The molecule has 0 saturated heterocycles. The number of allylic oxidation sites excluding steroid dienone is 1. The maximum absolute atomic E-state index is 11.2. The molecule has 4 heteroatoms. The van der Waals surface area contributed by atoms with Gasteiger partial charge in [-0.3, -0.25) is 4.57 Å². The maximum atomic E-state index is 11.2. The fourth-order valence-corrected chi connectivity index (χ4v) is 0.894. The molecule has 0 bridgehead atoms. The molecule has 1 aromatic rings. The summed E-state index contributed by atoms with van der Waals surface area (Å²) in [7, 11) is 0. The zero-order valence-corrected chi connectivity index (χ0v) is 7.60. The van der Waals surface area contributed by atoms with Crippen molar-refractivity contribution >= 4 is 12.0 Å². The maximum Gasteiger partial charge on any atom is 0.353 e. The van der Waals surface area contributed by atoms with Crippen LogP contribution in [0.1, 0.15) is 19.8 Å². The summed E-state index contributed by atoms with van der Waals surface area (Å²) in [5.74, 6) is 0.255. The molecule has 0 aliphatic heterocycles. The second-order valence-electron chi connectivity index (χ2n) is 2.72. The highest BCUT2D eigenvalue weighted by molar-refractivity contribution is 5.28. The SMILES string of the molecule is CCCC=Cn1ccc(N)nc1=O. The third-order valence-electron chi connectivity index (χ3n) is 1.57. The monoisotopic (exact) mass is 179 g/mol. The van der Waals surface area contributed by atoms with Gasteiger partial charge in [-0.25, -0.2) is 4.79 Å². The Kier molecular flexibility index (Phi) is 3.25. The predicted octanol–water partition coefficient (Wildman–Crippen LogP) is 1.10. The van der Waals surface area contributed by atoms with E-state index in [0.717, 1.165) is 12.8 Å². The van der Waals surface area contributed by atoms with Crippen LogP contribution in [0.15, 0.2) is 23.1 Å². The van der Waals surface area contributed by atoms with Gasteiger partial charge in [-0.2, -0.15) is 4.98 Å². The number of nitrogens with zero attached hydrogens (tertiary/aromatic N) is 2. The molecular formula is C9H13N3O. The number of nitrogen functional groups attached to an aromatic ring is 1. The summed E-state index contributed by atoms with van der Waals surface area (Å²) in [4.78, 5) is 14.7. The number of nitrogens with two attached hydrogens (primary N) is 1. The molecule has 13 heavy (non-hydrogen) atoms. The standard InChI is InChI=1S/C9H13N3O/c1-2-3-4-6-12-7-5-8(10)11-9(12)13/h4-7H,2-3H2,1H3,(H2,10,11,13). The Labute approximate surface area is 76.7 Å². The predicted molar refractivity (Wildman–Crippen MR) is 53.1 cm³/mol. The first-order valence-corrected chi connectivity index (χ1v) is 4.25. The smallest absolute Gasteiger partial charge is 0.353 e. The fraction of sp³-hybridized carbons (Fsp3) is 0.333. The number of anilines is 1. The molecule has 2 N–H and O–H groups in total. The van der Waals surface area contributed by atoms with Gasteiger partial charge in [0.2, 0.25) is 0 Å². The largest absolute Gasteiger partial charge is 0.383 e. The highest BCUT2D eigenvalue weighted by Gasteiger charge is 1.91. The number of hydrogen-bond acceptors (Lipinski definition) is 3. The lowest BCUT2D eigenvalue weighted by Crippen LogP contribution is -2.19. The molecule has 0 spiro atoms. The number of aromatic nitrogens is 2. The zero-order chi connectivity index (χ0) is 9.68. The summed E-state index contributed by atoms with van der Waals surface area (Å²) in [5, 5.41) is 0. The van der Waals surface area contributed by atoms with Crippen molar-refractivity contribution in [2.45, 2.75) is 19.8 Å². The van der Waals surface area contributed by atoms with E-state index < -0.39 is 0 Å². The van der Waals surface area contributed by atoms with Crippen LogP contribution in [0.5, 0.6) is 0 Å². The highest BCUT2D eigenvalue weighted by Crippen LogP contribution is 1.93. The van der Waals surface area contributed by atoms with Gasteiger partial charge in [-0.15, -0.1) is 0 Å². The average molecular weight is 179 g/mol. The van der Waals surface area contributed by atoms with Crippen molar-refractivity contribution in [3.05, 3.63) is 28.8 Å². The molecule has 0 unspecified atom stereocenters. The fourth-order valence-electron chi connectivity index (χ4n) is 0.894. The van der Waals surface area contributed by atoms with Crippen molar-refractivity contribution in [1.82, 2.24) is 9.55 Å². The molecule has 1 aromatic heterocycles. The molecule has 0 aliphatic carbocycles. The van der Waals surface area contributed by atoms with Crippen LogP contribution < -0.4 is 11.4 Å². The van der Waals surface area contributed by atoms with Crippen LogP contribution in [0.3, 0.4) is 0 Å². The second kappa shape index (κ2) is 4.45. The summed E-state index contributed by atoms with van der Waals surface area (Å²) in [6, 6.07) is 1.59. The molecule has 0 atom stereocenters. The summed E-state index contributed by atoms with van der Waals surface area (Å²) in [5.41, 5.74) is 4.99. The molecule has 0 aromatic carbocycles. The molecule has 4 nitrogen and oxygen atoms in total. The van der Waals surface area contributed by atoms with Crippen molar-refractivity contribution in [3.8, 4) is 0 Å². The number of hydrogen-bond donors (Lipinski definition) is 1. The van der Waals surface area contributed by atoms with Crippen molar-refractivity contribution in [1.29, 1.82) is 0 Å². The Morgan fingerprint density at radius 1 is 1.69 bits per heavy atom. The van der Waals surface area contributed by atoms with Gasteiger partial charge in [-0.05, 0) is 12.5 Å². The molecule has 0 fully saturated rings. The van der Waals surface area contributed by atoms with E-state index >= 15 is 0 Å². The lowest BCUT2D eigenvalue weighted by molar-refractivity contribution is 0.933. The molecule has 70 valence electrons.